The monoisotopic (exact) mass is 401 g/mol. The summed E-state index contributed by atoms with van der Waals surface area (Å²) in [5.41, 5.74) is 3.08. The molecule has 0 aliphatic rings. The van der Waals surface area contributed by atoms with E-state index in [2.05, 4.69) is 4.57 Å². The number of rotatable bonds is 5. The molecule has 0 N–H and O–H groups in total. The number of fused-ring (bicyclic) bond motifs is 3. The number of hydrogen-bond donors (Lipinski definition) is 0. The van der Waals surface area contributed by atoms with Gasteiger partial charge in [-0.05, 0) is 32.0 Å². The zero-order chi connectivity index (χ0) is 21.3. The molecule has 0 unspecified atom stereocenters. The third-order valence-electron chi connectivity index (χ3n) is 5.17. The molecule has 0 amide bonds. The van der Waals surface area contributed by atoms with Crippen molar-refractivity contribution >= 4 is 33.6 Å². The molecule has 0 atom stereocenters. The lowest BCUT2D eigenvalue weighted by Gasteiger charge is -2.12. The van der Waals surface area contributed by atoms with Gasteiger partial charge in [-0.1, -0.05) is 49.4 Å². The lowest BCUT2D eigenvalue weighted by Crippen LogP contribution is -2.07. The molecule has 0 spiro atoms. The van der Waals surface area contributed by atoms with E-state index in [-0.39, 0.29) is 19.0 Å². The topological polar surface area (TPSA) is 57.5 Å². The molecule has 0 aliphatic heterocycles. The smallest absolute Gasteiger partial charge is 0.340 e. The minimum Gasteiger partial charge on any atom is -0.462 e. The first-order valence-electron chi connectivity index (χ1n) is 10.1. The van der Waals surface area contributed by atoms with Gasteiger partial charge in [-0.2, -0.15) is 0 Å². The Bertz CT molecular complexity index is 1250. The van der Waals surface area contributed by atoms with Crippen molar-refractivity contribution in [1.82, 2.24) is 4.57 Å². The van der Waals surface area contributed by atoms with E-state index >= 15 is 0 Å². The lowest BCUT2D eigenvalue weighted by molar-refractivity contribution is -0.133. The van der Waals surface area contributed by atoms with E-state index in [1.807, 2.05) is 61.5 Å². The largest absolute Gasteiger partial charge is 0.462 e. The first kappa shape index (κ1) is 19.7. The molecule has 0 saturated heterocycles. The fraction of sp³-hybridized carbons (Fsp3) is 0.200. The predicted octanol–water partition coefficient (Wildman–Crippen LogP) is 5.58. The minimum absolute atomic E-state index is 0.265. The van der Waals surface area contributed by atoms with Gasteiger partial charge in [-0.15, -0.1) is 0 Å². The van der Waals surface area contributed by atoms with E-state index in [4.69, 9.17) is 9.47 Å². The van der Waals surface area contributed by atoms with Crippen LogP contribution in [-0.4, -0.2) is 23.1 Å². The second-order valence-corrected chi connectivity index (χ2v) is 7.00. The molecule has 4 aromatic rings. The normalized spacial score (nSPS) is 11.0. The number of aromatic nitrogens is 1. The maximum atomic E-state index is 12.9. The quantitative estimate of drug-likeness (QED) is 0.323. The minimum atomic E-state index is -0.391. The van der Waals surface area contributed by atoms with Crippen LogP contribution in [0.25, 0.3) is 27.4 Å². The van der Waals surface area contributed by atoms with Crippen molar-refractivity contribution in [2.45, 2.75) is 27.2 Å². The SMILES string of the molecule is CCOC(=O)c1c(C)n(-c2ccccc2)c2c1cc(OC(=O)CC)c1ccccc12. The van der Waals surface area contributed by atoms with Crippen LogP contribution < -0.4 is 4.74 Å². The number of para-hydroxylation sites is 1. The van der Waals surface area contributed by atoms with Crippen LogP contribution in [0, 0.1) is 6.92 Å². The molecule has 3 aromatic carbocycles. The first-order valence-corrected chi connectivity index (χ1v) is 10.1. The molecule has 0 aliphatic carbocycles. The van der Waals surface area contributed by atoms with Gasteiger partial charge in [0.05, 0.1) is 17.7 Å². The molecular weight excluding hydrogens is 378 g/mol. The van der Waals surface area contributed by atoms with Crippen LogP contribution in [0.2, 0.25) is 0 Å². The molecule has 0 fully saturated rings. The summed E-state index contributed by atoms with van der Waals surface area (Å²) < 4.78 is 13.1. The van der Waals surface area contributed by atoms with Gasteiger partial charge in [-0.25, -0.2) is 4.79 Å². The van der Waals surface area contributed by atoms with Crippen molar-refractivity contribution in [2.24, 2.45) is 0 Å². The van der Waals surface area contributed by atoms with Crippen molar-refractivity contribution in [2.75, 3.05) is 6.61 Å². The van der Waals surface area contributed by atoms with E-state index in [0.717, 1.165) is 27.7 Å². The summed E-state index contributed by atoms with van der Waals surface area (Å²) in [7, 11) is 0. The highest BCUT2D eigenvalue weighted by atomic mass is 16.5. The van der Waals surface area contributed by atoms with Crippen LogP contribution in [0.15, 0.2) is 60.7 Å². The standard InChI is InChI=1S/C25H23NO4/c1-4-22(27)30-21-15-20-23(25(28)29-5-2)16(3)26(17-11-7-6-8-12-17)24(20)19-14-10-9-13-18(19)21/h6-15H,4-5H2,1-3H3. The Kier molecular flexibility index (Phi) is 5.27. The molecule has 5 nitrogen and oxygen atoms in total. The van der Waals surface area contributed by atoms with Crippen LogP contribution >= 0.6 is 0 Å². The summed E-state index contributed by atoms with van der Waals surface area (Å²) in [6.45, 7) is 5.73. The average Bonchev–Trinajstić information content (AvgIpc) is 3.06. The summed E-state index contributed by atoms with van der Waals surface area (Å²) in [5.74, 6) is -0.269. The van der Waals surface area contributed by atoms with Crippen molar-refractivity contribution in [3.05, 3.63) is 71.9 Å². The zero-order valence-corrected chi connectivity index (χ0v) is 17.3. The van der Waals surface area contributed by atoms with Gasteiger partial charge in [-0.3, -0.25) is 4.79 Å². The first-order chi connectivity index (χ1) is 14.6. The molecule has 0 bridgehead atoms. The van der Waals surface area contributed by atoms with E-state index in [1.54, 1.807) is 19.9 Å². The Balaban J connectivity index is 2.15. The van der Waals surface area contributed by atoms with Crippen LogP contribution in [0.4, 0.5) is 0 Å². The maximum Gasteiger partial charge on any atom is 0.340 e. The number of benzene rings is 3. The molecular formula is C25H23NO4. The number of esters is 2. The molecule has 152 valence electrons. The summed E-state index contributed by atoms with van der Waals surface area (Å²) in [5, 5.41) is 2.42. The number of nitrogens with zero attached hydrogens (tertiary/aromatic N) is 1. The summed E-state index contributed by atoms with van der Waals surface area (Å²) >= 11 is 0. The van der Waals surface area contributed by atoms with Gasteiger partial charge in [0.25, 0.3) is 0 Å². The number of carbonyl (C=O) groups is 2. The maximum absolute atomic E-state index is 12.9. The van der Waals surface area contributed by atoms with E-state index < -0.39 is 5.97 Å². The van der Waals surface area contributed by atoms with Crippen LogP contribution in [0.5, 0.6) is 5.75 Å². The van der Waals surface area contributed by atoms with Crippen molar-refractivity contribution in [3.8, 4) is 11.4 Å². The Labute approximate surface area is 174 Å². The molecule has 0 saturated carbocycles. The zero-order valence-electron chi connectivity index (χ0n) is 17.3. The van der Waals surface area contributed by atoms with Gasteiger partial charge in [0.15, 0.2) is 0 Å². The molecule has 1 aromatic heterocycles. The molecule has 5 heteroatoms. The van der Waals surface area contributed by atoms with Crippen LogP contribution in [0.3, 0.4) is 0 Å². The van der Waals surface area contributed by atoms with Crippen molar-refractivity contribution < 1.29 is 19.1 Å². The van der Waals surface area contributed by atoms with Gasteiger partial charge in [0.2, 0.25) is 0 Å². The van der Waals surface area contributed by atoms with Gasteiger partial charge in [0.1, 0.15) is 5.75 Å². The number of carbonyl (C=O) groups excluding carboxylic acids is 2. The summed E-state index contributed by atoms with van der Waals surface area (Å²) in [6, 6.07) is 19.4. The van der Waals surface area contributed by atoms with Gasteiger partial charge in [0, 0.05) is 34.0 Å². The Morgan fingerprint density at radius 3 is 2.23 bits per heavy atom. The van der Waals surface area contributed by atoms with Crippen LogP contribution in [0.1, 0.15) is 36.3 Å². The highest BCUT2D eigenvalue weighted by Gasteiger charge is 2.25. The fourth-order valence-corrected chi connectivity index (χ4v) is 3.87. The molecule has 1 heterocycles. The highest BCUT2D eigenvalue weighted by Crippen LogP contribution is 2.39. The van der Waals surface area contributed by atoms with Gasteiger partial charge < -0.3 is 14.0 Å². The van der Waals surface area contributed by atoms with E-state index in [1.165, 1.54) is 0 Å². The van der Waals surface area contributed by atoms with Crippen molar-refractivity contribution in [1.29, 1.82) is 0 Å². The average molecular weight is 401 g/mol. The lowest BCUT2D eigenvalue weighted by atomic mass is 10.0. The van der Waals surface area contributed by atoms with Crippen molar-refractivity contribution in [3.63, 3.8) is 0 Å². The molecule has 4 rings (SSSR count). The second kappa shape index (κ2) is 8.03. The fourth-order valence-electron chi connectivity index (χ4n) is 3.87. The third-order valence-corrected chi connectivity index (χ3v) is 5.17. The second-order valence-electron chi connectivity index (χ2n) is 7.00. The summed E-state index contributed by atoms with van der Waals surface area (Å²) in [6.07, 6.45) is 0.265. The van der Waals surface area contributed by atoms with Crippen LogP contribution in [-0.2, 0) is 9.53 Å². The highest BCUT2D eigenvalue weighted by molar-refractivity contribution is 6.17. The Morgan fingerprint density at radius 2 is 1.57 bits per heavy atom. The summed E-state index contributed by atoms with van der Waals surface area (Å²) in [4.78, 5) is 25.0. The predicted molar refractivity (Wildman–Crippen MR) is 117 cm³/mol. The van der Waals surface area contributed by atoms with E-state index in [0.29, 0.717) is 16.7 Å². The Morgan fingerprint density at radius 1 is 0.900 bits per heavy atom. The Hall–Kier alpha value is -3.60. The molecule has 0 radical (unpaired) electrons. The van der Waals surface area contributed by atoms with E-state index in [9.17, 15) is 9.59 Å². The number of hydrogen-bond acceptors (Lipinski definition) is 4. The number of ether oxygens (including phenoxy) is 2. The van der Waals surface area contributed by atoms with Gasteiger partial charge >= 0.3 is 11.9 Å². The third kappa shape index (κ3) is 3.22. The molecule has 30 heavy (non-hydrogen) atoms.